The molecule has 0 saturated heterocycles. The lowest BCUT2D eigenvalue weighted by atomic mass is 10.1. The third-order valence-corrected chi connectivity index (χ3v) is 4.78. The van der Waals surface area contributed by atoms with Crippen LogP contribution < -0.4 is 5.32 Å². The second kappa shape index (κ2) is 5.18. The van der Waals surface area contributed by atoms with Gasteiger partial charge in [-0.3, -0.25) is 0 Å². The van der Waals surface area contributed by atoms with Gasteiger partial charge in [-0.1, -0.05) is 39.7 Å². The first-order chi connectivity index (χ1) is 9.13. The zero-order chi connectivity index (χ0) is 13.4. The normalized spacial score (nSPS) is 17.3. The van der Waals surface area contributed by atoms with E-state index in [9.17, 15) is 0 Å². The Bertz CT molecular complexity index is 624. The molecule has 1 aliphatic carbocycles. The SMILES string of the molecule is Cc1ccc(NC2CCc3cc(Cl)ccc32)cc1Br. The van der Waals surface area contributed by atoms with Crippen LogP contribution >= 0.6 is 27.5 Å². The molecule has 0 bridgehead atoms. The van der Waals surface area contributed by atoms with Crippen molar-refractivity contribution in [1.29, 1.82) is 0 Å². The molecule has 1 N–H and O–H groups in total. The first-order valence-electron chi connectivity index (χ1n) is 6.44. The summed E-state index contributed by atoms with van der Waals surface area (Å²) in [5.41, 5.74) is 5.16. The summed E-state index contributed by atoms with van der Waals surface area (Å²) >= 11 is 9.62. The highest BCUT2D eigenvalue weighted by Gasteiger charge is 2.22. The fourth-order valence-corrected chi connectivity index (χ4v) is 3.19. The van der Waals surface area contributed by atoms with Crippen LogP contribution in [0.1, 0.15) is 29.2 Å². The number of hydrogen-bond acceptors (Lipinski definition) is 1. The summed E-state index contributed by atoms with van der Waals surface area (Å²) in [7, 11) is 0. The first-order valence-corrected chi connectivity index (χ1v) is 7.61. The molecule has 98 valence electrons. The monoisotopic (exact) mass is 335 g/mol. The number of anilines is 1. The summed E-state index contributed by atoms with van der Waals surface area (Å²) < 4.78 is 1.15. The molecule has 1 unspecified atom stereocenters. The molecule has 1 aliphatic rings. The van der Waals surface area contributed by atoms with Crippen LogP contribution in [0.2, 0.25) is 5.02 Å². The number of fused-ring (bicyclic) bond motifs is 1. The van der Waals surface area contributed by atoms with Crippen LogP contribution in [0, 0.1) is 6.92 Å². The van der Waals surface area contributed by atoms with Gasteiger partial charge in [-0.15, -0.1) is 0 Å². The standard InChI is InChI=1S/C16H15BrClN/c1-10-2-5-13(9-15(10)17)19-16-7-3-11-8-12(18)4-6-14(11)16/h2,4-6,8-9,16,19H,3,7H2,1H3. The molecule has 0 saturated carbocycles. The molecule has 2 aromatic carbocycles. The second-order valence-corrected chi connectivity index (χ2v) is 6.33. The van der Waals surface area contributed by atoms with Crippen LogP contribution in [-0.2, 0) is 6.42 Å². The topological polar surface area (TPSA) is 12.0 Å². The van der Waals surface area contributed by atoms with Gasteiger partial charge >= 0.3 is 0 Å². The molecule has 3 heteroatoms. The lowest BCUT2D eigenvalue weighted by molar-refractivity contribution is 0.762. The lowest BCUT2D eigenvalue weighted by Gasteiger charge is -2.16. The van der Waals surface area contributed by atoms with Gasteiger partial charge < -0.3 is 5.32 Å². The van der Waals surface area contributed by atoms with E-state index in [1.807, 2.05) is 6.07 Å². The van der Waals surface area contributed by atoms with Crippen molar-refractivity contribution in [2.24, 2.45) is 0 Å². The van der Waals surface area contributed by atoms with Crippen molar-refractivity contribution in [2.75, 3.05) is 5.32 Å². The van der Waals surface area contributed by atoms with Gasteiger partial charge in [0, 0.05) is 15.2 Å². The molecule has 1 atom stereocenters. The van der Waals surface area contributed by atoms with Crippen molar-refractivity contribution in [2.45, 2.75) is 25.8 Å². The van der Waals surface area contributed by atoms with Gasteiger partial charge in [-0.2, -0.15) is 0 Å². The molecule has 19 heavy (non-hydrogen) atoms. The van der Waals surface area contributed by atoms with Gasteiger partial charge in [0.15, 0.2) is 0 Å². The van der Waals surface area contributed by atoms with E-state index in [4.69, 9.17) is 11.6 Å². The van der Waals surface area contributed by atoms with Gasteiger partial charge in [-0.25, -0.2) is 0 Å². The van der Waals surface area contributed by atoms with Gasteiger partial charge in [-0.05, 0) is 60.7 Å². The Morgan fingerprint density at radius 1 is 1.21 bits per heavy atom. The fraction of sp³-hybridized carbons (Fsp3) is 0.250. The maximum atomic E-state index is 6.04. The summed E-state index contributed by atoms with van der Waals surface area (Å²) in [5, 5.41) is 4.44. The van der Waals surface area contributed by atoms with Crippen molar-refractivity contribution in [3.8, 4) is 0 Å². The van der Waals surface area contributed by atoms with Crippen molar-refractivity contribution >= 4 is 33.2 Å². The summed E-state index contributed by atoms with van der Waals surface area (Å²) in [4.78, 5) is 0. The Kier molecular flexibility index (Phi) is 3.55. The Hall–Kier alpha value is -0.990. The van der Waals surface area contributed by atoms with Gasteiger partial charge in [0.1, 0.15) is 0 Å². The molecule has 1 nitrogen and oxygen atoms in total. The minimum atomic E-state index is 0.391. The highest BCUT2D eigenvalue weighted by Crippen LogP contribution is 2.35. The Morgan fingerprint density at radius 2 is 2.05 bits per heavy atom. The van der Waals surface area contributed by atoms with Crippen molar-refractivity contribution in [1.82, 2.24) is 0 Å². The molecule has 3 rings (SSSR count). The molecule has 0 spiro atoms. The first kappa shape index (κ1) is 13.0. The van der Waals surface area contributed by atoms with E-state index in [2.05, 4.69) is 58.5 Å². The minimum absolute atomic E-state index is 0.391. The zero-order valence-corrected chi connectivity index (χ0v) is 13.1. The van der Waals surface area contributed by atoms with Crippen LogP contribution in [-0.4, -0.2) is 0 Å². The predicted octanol–water partition coefficient (Wildman–Crippen LogP) is 5.51. The third-order valence-electron chi connectivity index (χ3n) is 3.70. The number of rotatable bonds is 2. The fourth-order valence-electron chi connectivity index (χ4n) is 2.62. The minimum Gasteiger partial charge on any atom is -0.378 e. The molecule has 2 aromatic rings. The molecular weight excluding hydrogens is 322 g/mol. The summed E-state index contributed by atoms with van der Waals surface area (Å²) in [5.74, 6) is 0. The average Bonchev–Trinajstić information content (AvgIpc) is 2.76. The Balaban J connectivity index is 1.84. The van der Waals surface area contributed by atoms with Crippen LogP contribution in [0.4, 0.5) is 5.69 Å². The smallest absolute Gasteiger partial charge is 0.0519 e. The maximum absolute atomic E-state index is 6.04. The van der Waals surface area contributed by atoms with E-state index < -0.39 is 0 Å². The average molecular weight is 337 g/mol. The number of nitrogens with one attached hydrogen (secondary N) is 1. The van der Waals surface area contributed by atoms with E-state index >= 15 is 0 Å². The number of benzene rings is 2. The van der Waals surface area contributed by atoms with E-state index in [0.717, 1.165) is 28.0 Å². The van der Waals surface area contributed by atoms with E-state index in [-0.39, 0.29) is 0 Å². The van der Waals surface area contributed by atoms with Crippen molar-refractivity contribution < 1.29 is 0 Å². The van der Waals surface area contributed by atoms with Gasteiger partial charge in [0.05, 0.1) is 6.04 Å². The summed E-state index contributed by atoms with van der Waals surface area (Å²) in [6, 6.07) is 13.0. The van der Waals surface area contributed by atoms with Crippen LogP contribution in [0.3, 0.4) is 0 Å². The molecule has 0 fully saturated rings. The summed E-state index contributed by atoms with van der Waals surface area (Å²) in [6.45, 7) is 2.10. The van der Waals surface area contributed by atoms with E-state index in [1.54, 1.807) is 0 Å². The number of hydrogen-bond donors (Lipinski definition) is 1. The number of halogens is 2. The zero-order valence-electron chi connectivity index (χ0n) is 10.7. The van der Waals surface area contributed by atoms with Crippen LogP contribution in [0.5, 0.6) is 0 Å². The predicted molar refractivity (Wildman–Crippen MR) is 85.0 cm³/mol. The Morgan fingerprint density at radius 3 is 2.84 bits per heavy atom. The highest BCUT2D eigenvalue weighted by atomic mass is 79.9. The molecule has 0 radical (unpaired) electrons. The molecule has 0 amide bonds. The van der Waals surface area contributed by atoms with Crippen molar-refractivity contribution in [3.63, 3.8) is 0 Å². The van der Waals surface area contributed by atoms with E-state index in [1.165, 1.54) is 16.7 Å². The molecular formula is C16H15BrClN. The van der Waals surface area contributed by atoms with Crippen LogP contribution in [0.25, 0.3) is 0 Å². The highest BCUT2D eigenvalue weighted by molar-refractivity contribution is 9.10. The Labute approximate surface area is 127 Å². The maximum Gasteiger partial charge on any atom is 0.0519 e. The van der Waals surface area contributed by atoms with Gasteiger partial charge in [0.25, 0.3) is 0 Å². The lowest BCUT2D eigenvalue weighted by Crippen LogP contribution is -2.07. The largest absolute Gasteiger partial charge is 0.378 e. The molecule has 0 aromatic heterocycles. The summed E-state index contributed by atoms with van der Waals surface area (Å²) in [6.07, 6.45) is 2.22. The third kappa shape index (κ3) is 2.65. The van der Waals surface area contributed by atoms with Crippen molar-refractivity contribution in [3.05, 3.63) is 62.6 Å². The van der Waals surface area contributed by atoms with E-state index in [0.29, 0.717) is 6.04 Å². The quantitative estimate of drug-likeness (QED) is 0.762. The van der Waals surface area contributed by atoms with Crippen LogP contribution in [0.15, 0.2) is 40.9 Å². The molecule has 0 heterocycles. The second-order valence-electron chi connectivity index (χ2n) is 5.04. The molecule has 0 aliphatic heterocycles. The number of aryl methyl sites for hydroxylation is 2. The van der Waals surface area contributed by atoms with Gasteiger partial charge in [0.2, 0.25) is 0 Å².